The van der Waals surface area contributed by atoms with Crippen LogP contribution in [0.2, 0.25) is 0 Å². The molecule has 1 rings (SSSR count). The number of nitrogens with zero attached hydrogens (tertiary/aromatic N) is 1. The summed E-state index contributed by atoms with van der Waals surface area (Å²) >= 11 is 0. The highest BCUT2D eigenvalue weighted by Gasteiger charge is 2.13. The van der Waals surface area contributed by atoms with Gasteiger partial charge in [-0.1, -0.05) is 13.8 Å². The van der Waals surface area contributed by atoms with Gasteiger partial charge < -0.3 is 9.73 Å². The van der Waals surface area contributed by atoms with E-state index in [0.29, 0.717) is 0 Å². The lowest BCUT2D eigenvalue weighted by Crippen LogP contribution is -2.35. The van der Waals surface area contributed by atoms with E-state index in [1.54, 1.807) is 6.26 Å². The van der Waals surface area contributed by atoms with Gasteiger partial charge in [-0.05, 0) is 39.9 Å². The Bertz CT molecular complexity index is 321. The van der Waals surface area contributed by atoms with Crippen LogP contribution in [0.4, 0.5) is 0 Å². The second kappa shape index (κ2) is 6.22. The zero-order valence-corrected chi connectivity index (χ0v) is 11.8. The lowest BCUT2D eigenvalue weighted by Gasteiger charge is -2.21. The van der Waals surface area contributed by atoms with Gasteiger partial charge in [-0.15, -0.1) is 0 Å². The first-order chi connectivity index (χ1) is 7.96. The summed E-state index contributed by atoms with van der Waals surface area (Å²) in [7, 11) is 0. The summed E-state index contributed by atoms with van der Waals surface area (Å²) in [5.74, 6) is 1.06. The SMILES string of the molecule is CCN(CC)Cc1ccoc1CNC(C)(C)C. The van der Waals surface area contributed by atoms with Crippen LogP contribution >= 0.6 is 0 Å². The maximum absolute atomic E-state index is 5.56. The van der Waals surface area contributed by atoms with E-state index in [-0.39, 0.29) is 5.54 Å². The number of hydrogen-bond acceptors (Lipinski definition) is 3. The molecule has 0 saturated carbocycles. The molecular formula is C14H26N2O. The Morgan fingerprint density at radius 3 is 2.41 bits per heavy atom. The third-order valence-electron chi connectivity index (χ3n) is 2.91. The van der Waals surface area contributed by atoms with E-state index >= 15 is 0 Å². The Morgan fingerprint density at radius 2 is 1.88 bits per heavy atom. The summed E-state index contributed by atoms with van der Waals surface area (Å²) in [6.45, 7) is 14.8. The van der Waals surface area contributed by atoms with Crippen molar-refractivity contribution >= 4 is 0 Å². The van der Waals surface area contributed by atoms with Crippen molar-refractivity contribution in [3.63, 3.8) is 0 Å². The van der Waals surface area contributed by atoms with Crippen LogP contribution in [0, 0.1) is 0 Å². The fraction of sp³-hybridized carbons (Fsp3) is 0.714. The first-order valence-electron chi connectivity index (χ1n) is 6.49. The van der Waals surface area contributed by atoms with E-state index in [1.165, 1.54) is 5.56 Å². The highest BCUT2D eigenvalue weighted by molar-refractivity contribution is 5.17. The molecule has 0 aliphatic carbocycles. The molecule has 17 heavy (non-hydrogen) atoms. The molecule has 3 heteroatoms. The minimum Gasteiger partial charge on any atom is -0.468 e. The Labute approximate surface area is 105 Å². The van der Waals surface area contributed by atoms with Gasteiger partial charge in [0, 0.05) is 17.6 Å². The molecule has 0 radical (unpaired) electrons. The first kappa shape index (κ1) is 14.3. The van der Waals surface area contributed by atoms with E-state index < -0.39 is 0 Å². The monoisotopic (exact) mass is 238 g/mol. The van der Waals surface area contributed by atoms with Gasteiger partial charge >= 0.3 is 0 Å². The molecule has 0 amide bonds. The third kappa shape index (κ3) is 4.92. The van der Waals surface area contributed by atoms with Gasteiger partial charge in [-0.25, -0.2) is 0 Å². The molecule has 3 nitrogen and oxygen atoms in total. The molecule has 0 fully saturated rings. The molecule has 0 atom stereocenters. The molecule has 0 bridgehead atoms. The maximum Gasteiger partial charge on any atom is 0.122 e. The molecule has 1 N–H and O–H groups in total. The highest BCUT2D eigenvalue weighted by atomic mass is 16.3. The van der Waals surface area contributed by atoms with Crippen LogP contribution in [0.1, 0.15) is 45.9 Å². The Hall–Kier alpha value is -0.800. The van der Waals surface area contributed by atoms with E-state index in [9.17, 15) is 0 Å². The van der Waals surface area contributed by atoms with Crippen LogP contribution in [0.5, 0.6) is 0 Å². The van der Waals surface area contributed by atoms with E-state index in [1.807, 2.05) is 0 Å². The minimum atomic E-state index is 0.124. The third-order valence-corrected chi connectivity index (χ3v) is 2.91. The fourth-order valence-electron chi connectivity index (χ4n) is 1.70. The fourth-order valence-corrected chi connectivity index (χ4v) is 1.70. The summed E-state index contributed by atoms with van der Waals surface area (Å²) in [6.07, 6.45) is 1.79. The van der Waals surface area contributed by atoms with Crippen LogP contribution in [-0.4, -0.2) is 23.5 Å². The van der Waals surface area contributed by atoms with Crippen LogP contribution < -0.4 is 5.32 Å². The highest BCUT2D eigenvalue weighted by Crippen LogP contribution is 2.14. The Kier molecular flexibility index (Phi) is 5.22. The molecule has 1 aromatic heterocycles. The molecule has 0 unspecified atom stereocenters. The smallest absolute Gasteiger partial charge is 0.122 e. The van der Waals surface area contributed by atoms with Gasteiger partial charge in [0.2, 0.25) is 0 Å². The maximum atomic E-state index is 5.56. The second-order valence-corrected chi connectivity index (χ2v) is 5.43. The zero-order chi connectivity index (χ0) is 12.9. The van der Waals surface area contributed by atoms with Crippen LogP contribution in [-0.2, 0) is 13.1 Å². The van der Waals surface area contributed by atoms with Crippen molar-refractivity contribution in [2.24, 2.45) is 0 Å². The largest absolute Gasteiger partial charge is 0.468 e. The van der Waals surface area contributed by atoms with Crippen molar-refractivity contribution in [3.05, 3.63) is 23.7 Å². The summed E-state index contributed by atoms with van der Waals surface area (Å²) in [6, 6.07) is 2.08. The molecule has 1 heterocycles. The van der Waals surface area contributed by atoms with Gasteiger partial charge in [0.05, 0.1) is 12.8 Å². The number of nitrogens with one attached hydrogen (secondary N) is 1. The normalized spacial score (nSPS) is 12.4. The predicted octanol–water partition coefficient (Wildman–Crippen LogP) is 3.01. The molecule has 0 aliphatic rings. The van der Waals surface area contributed by atoms with Crippen LogP contribution in [0.3, 0.4) is 0 Å². The summed E-state index contributed by atoms with van der Waals surface area (Å²) in [4.78, 5) is 2.39. The van der Waals surface area contributed by atoms with Crippen molar-refractivity contribution in [3.8, 4) is 0 Å². The quantitative estimate of drug-likeness (QED) is 0.826. The number of hydrogen-bond donors (Lipinski definition) is 1. The molecule has 0 aliphatic heterocycles. The Balaban J connectivity index is 2.59. The van der Waals surface area contributed by atoms with Crippen molar-refractivity contribution in [2.45, 2.75) is 53.2 Å². The van der Waals surface area contributed by atoms with Gasteiger partial charge in [0.15, 0.2) is 0 Å². The van der Waals surface area contributed by atoms with Crippen molar-refractivity contribution in [1.29, 1.82) is 0 Å². The summed E-state index contributed by atoms with van der Waals surface area (Å²) < 4.78 is 5.56. The summed E-state index contributed by atoms with van der Waals surface area (Å²) in [5, 5.41) is 3.46. The molecule has 0 aromatic carbocycles. The minimum absolute atomic E-state index is 0.124. The number of rotatable bonds is 6. The second-order valence-electron chi connectivity index (χ2n) is 5.43. The van der Waals surface area contributed by atoms with E-state index in [0.717, 1.165) is 31.9 Å². The van der Waals surface area contributed by atoms with Crippen molar-refractivity contribution in [1.82, 2.24) is 10.2 Å². The average molecular weight is 238 g/mol. The Morgan fingerprint density at radius 1 is 1.24 bits per heavy atom. The topological polar surface area (TPSA) is 28.4 Å². The van der Waals surface area contributed by atoms with Crippen molar-refractivity contribution < 1.29 is 4.42 Å². The molecule has 98 valence electrons. The van der Waals surface area contributed by atoms with E-state index in [2.05, 4.69) is 50.9 Å². The number of furan rings is 1. The van der Waals surface area contributed by atoms with E-state index in [4.69, 9.17) is 4.42 Å². The van der Waals surface area contributed by atoms with Gasteiger partial charge in [0.25, 0.3) is 0 Å². The summed E-state index contributed by atoms with van der Waals surface area (Å²) in [5.41, 5.74) is 1.42. The molecule has 1 aromatic rings. The standard InChI is InChI=1S/C14H26N2O/c1-6-16(7-2)11-12-8-9-17-13(12)10-15-14(3,4)5/h8-9,15H,6-7,10-11H2,1-5H3. The van der Waals surface area contributed by atoms with Gasteiger partial charge in [-0.3, -0.25) is 4.90 Å². The molecular weight excluding hydrogens is 212 g/mol. The van der Waals surface area contributed by atoms with Gasteiger partial charge in [-0.2, -0.15) is 0 Å². The lowest BCUT2D eigenvalue weighted by atomic mass is 10.1. The van der Waals surface area contributed by atoms with Gasteiger partial charge in [0.1, 0.15) is 5.76 Å². The van der Waals surface area contributed by atoms with Crippen molar-refractivity contribution in [2.75, 3.05) is 13.1 Å². The first-order valence-corrected chi connectivity index (χ1v) is 6.49. The molecule has 0 spiro atoms. The average Bonchev–Trinajstić information content (AvgIpc) is 2.69. The predicted molar refractivity (Wildman–Crippen MR) is 71.9 cm³/mol. The van der Waals surface area contributed by atoms with Crippen LogP contribution in [0.25, 0.3) is 0 Å². The zero-order valence-electron chi connectivity index (χ0n) is 11.8. The lowest BCUT2D eigenvalue weighted by molar-refractivity contribution is 0.291. The van der Waals surface area contributed by atoms with Crippen LogP contribution in [0.15, 0.2) is 16.7 Å². The molecule has 0 saturated heterocycles.